The minimum absolute atomic E-state index is 0.0728. The van der Waals surface area contributed by atoms with Crippen molar-refractivity contribution in [3.63, 3.8) is 0 Å². The average molecular weight is 328 g/mol. The summed E-state index contributed by atoms with van der Waals surface area (Å²) < 4.78 is 6.22. The molecule has 5 heteroatoms. The fourth-order valence-corrected chi connectivity index (χ4v) is 1.73. The number of rotatable bonds is 6. The summed E-state index contributed by atoms with van der Waals surface area (Å²) in [7, 11) is 0. The molecule has 1 aromatic rings. The van der Waals surface area contributed by atoms with Gasteiger partial charge < -0.3 is 10.1 Å². The predicted molar refractivity (Wildman–Crippen MR) is 82.6 cm³/mol. The van der Waals surface area contributed by atoms with E-state index in [0.29, 0.717) is 19.8 Å². The highest BCUT2D eigenvalue weighted by Gasteiger charge is 2.18. The van der Waals surface area contributed by atoms with E-state index < -0.39 is 0 Å². The Labute approximate surface area is 123 Å². The zero-order valence-corrected chi connectivity index (χ0v) is 13.7. The molecule has 4 nitrogen and oxygen atoms in total. The first-order valence-electron chi connectivity index (χ1n) is 6.30. The second-order valence-electron chi connectivity index (χ2n) is 5.59. The first-order valence-corrected chi connectivity index (χ1v) is 7.09. The summed E-state index contributed by atoms with van der Waals surface area (Å²) >= 11 is 3.41. The Kier molecular flexibility index (Phi) is 5.94. The predicted octanol–water partition coefficient (Wildman–Crippen LogP) is 3.54. The van der Waals surface area contributed by atoms with Gasteiger partial charge in [-0.15, -0.1) is 0 Å². The lowest BCUT2D eigenvalue weighted by molar-refractivity contribution is 0.167. The van der Waals surface area contributed by atoms with E-state index in [1.165, 1.54) is 0 Å². The Balaban J connectivity index is 2.54. The average Bonchev–Trinajstić information content (AvgIpc) is 2.26. The van der Waals surface area contributed by atoms with Crippen molar-refractivity contribution in [3.05, 3.63) is 28.6 Å². The molecular formula is C14H22BrN3O. The van der Waals surface area contributed by atoms with Crippen LogP contribution in [0.15, 0.2) is 22.8 Å². The van der Waals surface area contributed by atoms with E-state index in [0.717, 1.165) is 21.8 Å². The Morgan fingerprint density at radius 1 is 1.42 bits per heavy atom. The molecule has 0 saturated carbocycles. The van der Waals surface area contributed by atoms with Gasteiger partial charge in [-0.25, -0.2) is 9.97 Å². The molecule has 0 aliphatic rings. The molecule has 0 aromatic carbocycles. The smallest absolute Gasteiger partial charge is 0.137 e. The zero-order valence-electron chi connectivity index (χ0n) is 12.1. The minimum atomic E-state index is -0.0728. The zero-order chi connectivity index (χ0) is 14.5. The van der Waals surface area contributed by atoms with Gasteiger partial charge in [0.25, 0.3) is 0 Å². The Morgan fingerprint density at radius 3 is 2.68 bits per heavy atom. The van der Waals surface area contributed by atoms with Crippen molar-refractivity contribution in [1.82, 2.24) is 9.97 Å². The van der Waals surface area contributed by atoms with Crippen LogP contribution in [0.1, 0.15) is 33.5 Å². The first-order chi connectivity index (χ1) is 8.79. The van der Waals surface area contributed by atoms with Crippen LogP contribution in [0.3, 0.4) is 0 Å². The molecule has 0 atom stereocenters. The number of halogens is 1. The molecule has 0 bridgehead atoms. The molecule has 0 aliphatic heterocycles. The van der Waals surface area contributed by atoms with Gasteiger partial charge in [-0.1, -0.05) is 32.9 Å². The highest BCUT2D eigenvalue weighted by Crippen LogP contribution is 2.22. The van der Waals surface area contributed by atoms with Crippen molar-refractivity contribution >= 4 is 21.7 Å². The number of hydrogen-bond donors (Lipinski definition) is 1. The summed E-state index contributed by atoms with van der Waals surface area (Å²) in [5.74, 6) is 1.62. The SMILES string of the molecule is C=C(C)COCCNc1cc(Br)nc(C(C)(C)C)n1. The molecule has 0 aliphatic carbocycles. The summed E-state index contributed by atoms with van der Waals surface area (Å²) in [6.45, 7) is 13.9. The molecular weight excluding hydrogens is 306 g/mol. The quantitative estimate of drug-likeness (QED) is 0.493. The maximum Gasteiger partial charge on any atom is 0.137 e. The molecule has 0 unspecified atom stereocenters. The van der Waals surface area contributed by atoms with Crippen LogP contribution in [0.5, 0.6) is 0 Å². The second kappa shape index (κ2) is 7.01. The number of aromatic nitrogens is 2. The van der Waals surface area contributed by atoms with Crippen molar-refractivity contribution in [2.24, 2.45) is 0 Å². The lowest BCUT2D eigenvalue weighted by Crippen LogP contribution is -2.18. The molecule has 1 heterocycles. The van der Waals surface area contributed by atoms with E-state index >= 15 is 0 Å². The van der Waals surface area contributed by atoms with Crippen molar-refractivity contribution in [2.45, 2.75) is 33.1 Å². The number of hydrogen-bond acceptors (Lipinski definition) is 4. The van der Waals surface area contributed by atoms with Crippen molar-refractivity contribution in [3.8, 4) is 0 Å². The van der Waals surface area contributed by atoms with Gasteiger partial charge >= 0.3 is 0 Å². The van der Waals surface area contributed by atoms with Crippen molar-refractivity contribution in [2.75, 3.05) is 25.1 Å². The van der Waals surface area contributed by atoms with Crippen LogP contribution in [-0.2, 0) is 10.2 Å². The molecule has 1 aromatic heterocycles. The molecule has 0 fully saturated rings. The van der Waals surface area contributed by atoms with E-state index in [1.54, 1.807) is 0 Å². The normalized spacial score (nSPS) is 11.4. The van der Waals surface area contributed by atoms with E-state index in [2.05, 4.69) is 58.6 Å². The van der Waals surface area contributed by atoms with Crippen LogP contribution in [0.25, 0.3) is 0 Å². The molecule has 0 amide bonds. The van der Waals surface area contributed by atoms with Crippen LogP contribution in [-0.4, -0.2) is 29.7 Å². The highest BCUT2D eigenvalue weighted by molar-refractivity contribution is 9.10. The summed E-state index contributed by atoms with van der Waals surface area (Å²) in [5, 5.41) is 3.24. The fraction of sp³-hybridized carbons (Fsp3) is 0.571. The molecule has 19 heavy (non-hydrogen) atoms. The standard InChI is InChI=1S/C14H22BrN3O/c1-10(2)9-19-7-6-16-12-8-11(15)17-13(18-12)14(3,4)5/h8H,1,6-7,9H2,2-5H3,(H,16,17,18). The molecule has 0 radical (unpaired) electrons. The number of anilines is 1. The van der Waals surface area contributed by atoms with Crippen LogP contribution in [0.4, 0.5) is 5.82 Å². The monoisotopic (exact) mass is 327 g/mol. The van der Waals surface area contributed by atoms with Gasteiger partial charge in [0.2, 0.25) is 0 Å². The maximum absolute atomic E-state index is 5.43. The molecule has 106 valence electrons. The molecule has 0 saturated heterocycles. The summed E-state index contributed by atoms with van der Waals surface area (Å²) in [5.41, 5.74) is 0.955. The second-order valence-corrected chi connectivity index (χ2v) is 6.40. The highest BCUT2D eigenvalue weighted by atomic mass is 79.9. The third kappa shape index (κ3) is 6.16. The van der Waals surface area contributed by atoms with Crippen LogP contribution in [0, 0.1) is 0 Å². The fourth-order valence-electron chi connectivity index (χ4n) is 1.34. The molecule has 1 rings (SSSR count). The van der Waals surface area contributed by atoms with Crippen molar-refractivity contribution in [1.29, 1.82) is 0 Å². The lowest BCUT2D eigenvalue weighted by atomic mass is 9.96. The maximum atomic E-state index is 5.43. The van der Waals surface area contributed by atoms with Gasteiger partial charge in [-0.05, 0) is 22.9 Å². The van der Waals surface area contributed by atoms with E-state index in [1.807, 2.05) is 13.0 Å². The van der Waals surface area contributed by atoms with Crippen LogP contribution in [0.2, 0.25) is 0 Å². The Bertz CT molecular complexity index is 441. The van der Waals surface area contributed by atoms with Crippen LogP contribution < -0.4 is 5.32 Å². The summed E-state index contributed by atoms with van der Waals surface area (Å²) in [4.78, 5) is 8.91. The number of nitrogens with one attached hydrogen (secondary N) is 1. The largest absolute Gasteiger partial charge is 0.375 e. The minimum Gasteiger partial charge on any atom is -0.375 e. The summed E-state index contributed by atoms with van der Waals surface area (Å²) in [6, 6.07) is 1.87. The molecule has 1 N–H and O–H groups in total. The van der Waals surface area contributed by atoms with E-state index in [-0.39, 0.29) is 5.41 Å². The Hall–Kier alpha value is -0.940. The van der Waals surface area contributed by atoms with Gasteiger partial charge in [0.05, 0.1) is 13.2 Å². The van der Waals surface area contributed by atoms with Gasteiger partial charge in [0.1, 0.15) is 16.2 Å². The lowest BCUT2D eigenvalue weighted by Gasteiger charge is -2.18. The van der Waals surface area contributed by atoms with Crippen LogP contribution >= 0.6 is 15.9 Å². The molecule has 0 spiro atoms. The topological polar surface area (TPSA) is 47.0 Å². The third-order valence-corrected chi connectivity index (χ3v) is 2.67. The Morgan fingerprint density at radius 2 is 2.11 bits per heavy atom. The third-order valence-electron chi connectivity index (χ3n) is 2.27. The van der Waals surface area contributed by atoms with E-state index in [9.17, 15) is 0 Å². The first kappa shape index (κ1) is 16.1. The van der Waals surface area contributed by atoms with Crippen molar-refractivity contribution < 1.29 is 4.74 Å². The number of nitrogens with zero attached hydrogens (tertiary/aromatic N) is 2. The van der Waals surface area contributed by atoms with Gasteiger partial charge in [0.15, 0.2) is 0 Å². The van der Waals surface area contributed by atoms with E-state index in [4.69, 9.17) is 4.74 Å². The number of ether oxygens (including phenoxy) is 1. The van der Waals surface area contributed by atoms with Gasteiger partial charge in [-0.2, -0.15) is 0 Å². The summed E-state index contributed by atoms with van der Waals surface area (Å²) in [6.07, 6.45) is 0. The van der Waals surface area contributed by atoms with Gasteiger partial charge in [-0.3, -0.25) is 0 Å². The van der Waals surface area contributed by atoms with Gasteiger partial charge in [0, 0.05) is 18.0 Å².